The summed E-state index contributed by atoms with van der Waals surface area (Å²) >= 11 is 5.45. The number of benzene rings is 1. The van der Waals surface area contributed by atoms with Gasteiger partial charge < -0.3 is 10.6 Å². The highest BCUT2D eigenvalue weighted by atomic mass is 35.5. The summed E-state index contributed by atoms with van der Waals surface area (Å²) in [6, 6.07) is 5.77. The summed E-state index contributed by atoms with van der Waals surface area (Å²) in [5.41, 5.74) is 0.844. The number of hydrogen-bond acceptors (Lipinski definition) is 5. The van der Waals surface area contributed by atoms with Gasteiger partial charge in [0.25, 0.3) is 5.24 Å². The largest absolute Gasteiger partial charge is 0.370 e. The van der Waals surface area contributed by atoms with Gasteiger partial charge >= 0.3 is 0 Å². The summed E-state index contributed by atoms with van der Waals surface area (Å²) < 4.78 is 12.8. The smallest absolute Gasteiger partial charge is 0.257 e. The van der Waals surface area contributed by atoms with E-state index in [1.807, 2.05) is 6.92 Å². The van der Waals surface area contributed by atoms with E-state index in [9.17, 15) is 9.18 Å². The number of aromatic nitrogens is 2. The minimum Gasteiger partial charge on any atom is -0.370 e. The lowest BCUT2D eigenvalue weighted by molar-refractivity contribution is 0.108. The van der Waals surface area contributed by atoms with E-state index in [1.54, 1.807) is 12.1 Å². The van der Waals surface area contributed by atoms with Crippen LogP contribution in [0.2, 0.25) is 0 Å². The Kier molecular flexibility index (Phi) is 4.47. The maximum absolute atomic E-state index is 12.8. The first-order valence-corrected chi connectivity index (χ1v) is 6.31. The Morgan fingerprint density at radius 3 is 2.65 bits per heavy atom. The van der Waals surface area contributed by atoms with Crippen molar-refractivity contribution in [1.29, 1.82) is 0 Å². The van der Waals surface area contributed by atoms with Gasteiger partial charge in [-0.05, 0) is 42.8 Å². The van der Waals surface area contributed by atoms with Crippen LogP contribution >= 0.6 is 11.6 Å². The van der Waals surface area contributed by atoms with Crippen LogP contribution < -0.4 is 10.6 Å². The van der Waals surface area contributed by atoms with Gasteiger partial charge in [-0.2, -0.15) is 4.98 Å². The quantitative estimate of drug-likeness (QED) is 0.829. The molecule has 0 saturated heterocycles. The molecule has 0 fully saturated rings. The summed E-state index contributed by atoms with van der Waals surface area (Å²) in [6.07, 6.45) is 1.34. The second-order valence-electron chi connectivity index (χ2n) is 3.89. The first-order chi connectivity index (χ1) is 9.60. The molecule has 20 heavy (non-hydrogen) atoms. The van der Waals surface area contributed by atoms with Crippen molar-refractivity contribution in [2.45, 2.75) is 6.92 Å². The zero-order valence-corrected chi connectivity index (χ0v) is 11.4. The third-order valence-electron chi connectivity index (χ3n) is 2.45. The highest BCUT2D eigenvalue weighted by Gasteiger charge is 2.12. The Labute approximate surface area is 120 Å². The van der Waals surface area contributed by atoms with Crippen LogP contribution in [0.25, 0.3) is 0 Å². The lowest BCUT2D eigenvalue weighted by Crippen LogP contribution is -2.08. The predicted octanol–water partition coefficient (Wildman–Crippen LogP) is 3.17. The van der Waals surface area contributed by atoms with E-state index in [1.165, 1.54) is 18.3 Å². The standard InChI is InChI=1S/C13H12ClFN4O/c1-2-16-12-10(11(14)20)7-17-13(19-12)18-9-5-3-8(15)4-6-9/h3-7H,2H2,1H3,(H2,16,17,18,19). The molecule has 1 aromatic carbocycles. The fourth-order valence-electron chi connectivity index (χ4n) is 1.55. The molecule has 0 aliphatic carbocycles. The molecule has 2 N–H and O–H groups in total. The van der Waals surface area contributed by atoms with Crippen molar-refractivity contribution in [2.75, 3.05) is 17.2 Å². The average molecular weight is 295 g/mol. The molecule has 0 saturated carbocycles. The van der Waals surface area contributed by atoms with Crippen LogP contribution in [0, 0.1) is 5.82 Å². The van der Waals surface area contributed by atoms with Crippen molar-refractivity contribution < 1.29 is 9.18 Å². The van der Waals surface area contributed by atoms with Gasteiger partial charge in [-0.3, -0.25) is 4.79 Å². The first kappa shape index (κ1) is 14.2. The average Bonchev–Trinajstić information content (AvgIpc) is 2.42. The third-order valence-corrected chi connectivity index (χ3v) is 2.65. The van der Waals surface area contributed by atoms with Crippen molar-refractivity contribution in [3.63, 3.8) is 0 Å². The third kappa shape index (κ3) is 3.42. The maximum atomic E-state index is 12.8. The number of nitrogens with zero attached hydrogens (tertiary/aromatic N) is 2. The Hall–Kier alpha value is -2.21. The van der Waals surface area contributed by atoms with Gasteiger partial charge in [-0.1, -0.05) is 0 Å². The Morgan fingerprint density at radius 2 is 2.05 bits per heavy atom. The SMILES string of the molecule is CCNc1nc(Nc2ccc(F)cc2)ncc1C(=O)Cl. The first-order valence-electron chi connectivity index (χ1n) is 5.93. The molecule has 2 aromatic rings. The fraction of sp³-hybridized carbons (Fsp3) is 0.154. The van der Waals surface area contributed by atoms with Crippen LogP contribution in [0.4, 0.5) is 21.8 Å². The Morgan fingerprint density at radius 1 is 1.35 bits per heavy atom. The lowest BCUT2D eigenvalue weighted by atomic mass is 10.3. The van der Waals surface area contributed by atoms with Crippen molar-refractivity contribution in [1.82, 2.24) is 9.97 Å². The molecular weight excluding hydrogens is 283 g/mol. The lowest BCUT2D eigenvalue weighted by Gasteiger charge is -2.09. The van der Waals surface area contributed by atoms with Crippen LogP contribution in [0.1, 0.15) is 17.3 Å². The summed E-state index contributed by atoms with van der Waals surface area (Å²) in [5.74, 6) is 0.314. The molecule has 0 radical (unpaired) electrons. The molecule has 5 nitrogen and oxygen atoms in total. The molecule has 0 spiro atoms. The number of hydrogen-bond donors (Lipinski definition) is 2. The van der Waals surface area contributed by atoms with Gasteiger partial charge in [0.1, 0.15) is 11.6 Å². The summed E-state index contributed by atoms with van der Waals surface area (Å²) in [4.78, 5) is 19.4. The van der Waals surface area contributed by atoms with Crippen LogP contribution in [-0.2, 0) is 0 Å². The minimum absolute atomic E-state index is 0.207. The van der Waals surface area contributed by atoms with Gasteiger partial charge in [-0.15, -0.1) is 0 Å². The molecule has 0 aliphatic rings. The van der Waals surface area contributed by atoms with Crippen LogP contribution in [0.15, 0.2) is 30.5 Å². The second-order valence-corrected chi connectivity index (χ2v) is 4.24. The van der Waals surface area contributed by atoms with Gasteiger partial charge in [0, 0.05) is 18.4 Å². The molecule has 1 heterocycles. The highest BCUT2D eigenvalue weighted by molar-refractivity contribution is 6.68. The van der Waals surface area contributed by atoms with Gasteiger partial charge in [0.15, 0.2) is 0 Å². The van der Waals surface area contributed by atoms with Crippen molar-refractivity contribution >= 4 is 34.3 Å². The maximum Gasteiger partial charge on any atom is 0.257 e. The van der Waals surface area contributed by atoms with E-state index in [0.717, 1.165) is 0 Å². The summed E-state index contributed by atoms with van der Waals surface area (Å²) in [6.45, 7) is 2.46. The van der Waals surface area contributed by atoms with E-state index in [-0.39, 0.29) is 17.3 Å². The molecule has 0 aliphatic heterocycles. The Balaban J connectivity index is 2.26. The molecule has 7 heteroatoms. The van der Waals surface area contributed by atoms with Crippen LogP contribution in [-0.4, -0.2) is 21.8 Å². The molecule has 2 rings (SSSR count). The van der Waals surface area contributed by atoms with Crippen LogP contribution in [0.5, 0.6) is 0 Å². The molecule has 0 amide bonds. The van der Waals surface area contributed by atoms with Crippen LogP contribution in [0.3, 0.4) is 0 Å². The normalized spacial score (nSPS) is 10.2. The topological polar surface area (TPSA) is 66.9 Å². The summed E-state index contributed by atoms with van der Waals surface area (Å²) in [7, 11) is 0. The predicted molar refractivity (Wildman–Crippen MR) is 76.1 cm³/mol. The number of rotatable bonds is 5. The van der Waals surface area contributed by atoms with E-state index in [0.29, 0.717) is 18.1 Å². The zero-order valence-electron chi connectivity index (χ0n) is 10.7. The number of anilines is 3. The fourth-order valence-corrected chi connectivity index (χ4v) is 1.69. The molecule has 1 aromatic heterocycles. The van der Waals surface area contributed by atoms with E-state index in [4.69, 9.17) is 11.6 Å². The van der Waals surface area contributed by atoms with E-state index >= 15 is 0 Å². The van der Waals surface area contributed by atoms with Crippen molar-refractivity contribution in [3.8, 4) is 0 Å². The number of nitrogens with one attached hydrogen (secondary N) is 2. The van der Waals surface area contributed by atoms with E-state index < -0.39 is 5.24 Å². The Bertz CT molecular complexity index is 618. The van der Waals surface area contributed by atoms with Gasteiger partial charge in [-0.25, -0.2) is 9.37 Å². The molecule has 0 unspecified atom stereocenters. The molecule has 104 valence electrons. The van der Waals surface area contributed by atoms with Crippen molar-refractivity contribution in [2.24, 2.45) is 0 Å². The minimum atomic E-state index is -0.630. The highest BCUT2D eigenvalue weighted by Crippen LogP contribution is 2.19. The molecular formula is C13H12ClFN4O. The van der Waals surface area contributed by atoms with Gasteiger partial charge in [0.2, 0.25) is 5.95 Å². The monoisotopic (exact) mass is 294 g/mol. The molecule has 0 bridgehead atoms. The van der Waals surface area contributed by atoms with Crippen molar-refractivity contribution in [3.05, 3.63) is 41.8 Å². The molecule has 0 atom stereocenters. The van der Waals surface area contributed by atoms with E-state index in [2.05, 4.69) is 20.6 Å². The number of carbonyl (C=O) groups excluding carboxylic acids is 1. The summed E-state index contributed by atoms with van der Waals surface area (Å²) in [5, 5.41) is 5.22. The van der Waals surface area contributed by atoms with Gasteiger partial charge in [0.05, 0.1) is 5.56 Å². The zero-order chi connectivity index (χ0) is 14.5. The number of halogens is 2. The number of carbonyl (C=O) groups is 1. The second kappa shape index (κ2) is 6.29.